The van der Waals surface area contributed by atoms with Crippen molar-refractivity contribution in [2.24, 2.45) is 4.99 Å². The van der Waals surface area contributed by atoms with Crippen LogP contribution < -0.4 is 0 Å². The molecule has 5 nitrogen and oxygen atoms in total. The van der Waals surface area contributed by atoms with E-state index in [0.717, 1.165) is 16.7 Å². The van der Waals surface area contributed by atoms with Crippen molar-refractivity contribution in [3.05, 3.63) is 70.8 Å². The highest BCUT2D eigenvalue weighted by Crippen LogP contribution is 2.32. The van der Waals surface area contributed by atoms with Gasteiger partial charge in [0.15, 0.2) is 0 Å². The molecule has 0 aromatic heterocycles. The lowest BCUT2D eigenvalue weighted by molar-refractivity contribution is -0.600. The Labute approximate surface area is 159 Å². The summed E-state index contributed by atoms with van der Waals surface area (Å²) in [5.41, 5.74) is 3.90. The van der Waals surface area contributed by atoms with Gasteiger partial charge in [-0.1, -0.05) is 73.4 Å². The van der Waals surface area contributed by atoms with Crippen LogP contribution in [0, 0.1) is 6.92 Å². The third kappa shape index (κ3) is 4.82. The first-order valence-electron chi connectivity index (χ1n) is 9.62. The largest absolute Gasteiger partial charge is 0.289 e. The zero-order chi connectivity index (χ0) is 18.5. The van der Waals surface area contributed by atoms with E-state index in [1.165, 1.54) is 37.7 Å². The molecule has 2 aliphatic rings. The molecule has 0 bridgehead atoms. The zero-order valence-electron chi connectivity index (χ0n) is 15.5. The van der Waals surface area contributed by atoms with Crippen LogP contribution in [0.1, 0.15) is 66.9 Å². The second-order valence-corrected chi connectivity index (χ2v) is 7.20. The summed E-state index contributed by atoms with van der Waals surface area (Å²) in [7, 11) is 0. The molecule has 0 atom stereocenters. The highest BCUT2D eigenvalue weighted by atomic mass is 17.4. The first-order valence-corrected chi connectivity index (χ1v) is 9.62. The summed E-state index contributed by atoms with van der Waals surface area (Å²) >= 11 is 0. The fraction of sp³-hybridized carbons (Fsp3) is 0.409. The summed E-state index contributed by atoms with van der Waals surface area (Å²) in [6.45, 7) is 2.03. The number of nitrogens with zero attached hydrogens (tertiary/aromatic N) is 1. The van der Waals surface area contributed by atoms with Gasteiger partial charge in [-0.2, -0.15) is 19.6 Å². The predicted molar refractivity (Wildman–Crippen MR) is 102 cm³/mol. The molecule has 2 aromatic rings. The topological polar surface area (TPSA) is 49.3 Å². The Morgan fingerprint density at radius 2 is 1.26 bits per heavy atom. The molecule has 1 saturated carbocycles. The van der Waals surface area contributed by atoms with E-state index in [1.807, 2.05) is 61.7 Å². The van der Waals surface area contributed by atoms with Gasteiger partial charge < -0.3 is 0 Å². The van der Waals surface area contributed by atoms with Gasteiger partial charge in [-0.25, -0.2) is 0 Å². The van der Waals surface area contributed by atoms with Gasteiger partial charge in [0.1, 0.15) is 0 Å². The van der Waals surface area contributed by atoms with Crippen LogP contribution >= 0.6 is 0 Å². The van der Waals surface area contributed by atoms with Crippen LogP contribution in [0.3, 0.4) is 0 Å². The van der Waals surface area contributed by atoms with Crippen LogP contribution in [0.4, 0.5) is 0 Å². The zero-order valence-corrected chi connectivity index (χ0v) is 15.5. The van der Waals surface area contributed by atoms with Gasteiger partial charge in [0.25, 0.3) is 0 Å². The van der Waals surface area contributed by atoms with E-state index in [0.29, 0.717) is 6.04 Å². The second-order valence-electron chi connectivity index (χ2n) is 7.20. The molecule has 0 N–H and O–H groups in total. The van der Waals surface area contributed by atoms with Crippen LogP contribution in [0.25, 0.3) is 0 Å². The Kier molecular flexibility index (Phi) is 5.94. The maximum Gasteiger partial charge on any atom is 0.249 e. The second kappa shape index (κ2) is 8.76. The lowest BCUT2D eigenvalue weighted by Gasteiger charge is -2.27. The van der Waals surface area contributed by atoms with Crippen LogP contribution in [-0.4, -0.2) is 12.3 Å². The maximum atomic E-state index is 5.38. The first kappa shape index (κ1) is 18.3. The molecule has 2 aromatic carbocycles. The Morgan fingerprint density at radius 1 is 0.741 bits per heavy atom. The summed E-state index contributed by atoms with van der Waals surface area (Å²) in [6, 6.07) is 16.2. The summed E-state index contributed by atoms with van der Waals surface area (Å²) in [4.78, 5) is 26.2. The lowest BCUT2D eigenvalue weighted by Crippen LogP contribution is -2.22. The van der Waals surface area contributed by atoms with E-state index in [-0.39, 0.29) is 0 Å². The van der Waals surface area contributed by atoms with Crippen molar-refractivity contribution in [1.82, 2.24) is 0 Å². The number of aliphatic imine (C=N–C) groups is 1. The number of rotatable bonds is 4. The molecule has 27 heavy (non-hydrogen) atoms. The standard InChI is InChI=1S/C22H25NO4/c1-16-7-11-18(12-8-16)21-24-26-22(27-25-21)19-13-9-17(10-14-19)15-23-20-5-3-2-4-6-20/h7-15,20-22H,2-6H2,1H3. The van der Waals surface area contributed by atoms with Crippen molar-refractivity contribution in [2.75, 3.05) is 0 Å². The van der Waals surface area contributed by atoms with Gasteiger partial charge in [0.05, 0.1) is 0 Å². The van der Waals surface area contributed by atoms with Crippen molar-refractivity contribution in [1.29, 1.82) is 0 Å². The van der Waals surface area contributed by atoms with Gasteiger partial charge in [0.2, 0.25) is 12.6 Å². The molecule has 142 valence electrons. The van der Waals surface area contributed by atoms with Crippen molar-refractivity contribution in [2.45, 2.75) is 57.6 Å². The monoisotopic (exact) mass is 367 g/mol. The van der Waals surface area contributed by atoms with E-state index in [4.69, 9.17) is 24.5 Å². The van der Waals surface area contributed by atoms with E-state index in [1.54, 1.807) is 0 Å². The molecule has 0 unspecified atom stereocenters. The smallest absolute Gasteiger partial charge is 0.249 e. The Hall–Kier alpha value is -2.05. The Morgan fingerprint density at radius 3 is 1.81 bits per heavy atom. The lowest BCUT2D eigenvalue weighted by atomic mass is 9.96. The van der Waals surface area contributed by atoms with Gasteiger partial charge in [0, 0.05) is 23.4 Å². The van der Waals surface area contributed by atoms with Gasteiger partial charge in [-0.15, -0.1) is 0 Å². The minimum Gasteiger partial charge on any atom is -0.289 e. The molecule has 1 saturated heterocycles. The molecule has 1 aliphatic carbocycles. The Balaban J connectivity index is 1.32. The number of hydrogen-bond acceptors (Lipinski definition) is 5. The van der Waals surface area contributed by atoms with Crippen LogP contribution in [-0.2, 0) is 19.6 Å². The summed E-state index contributed by atoms with van der Waals surface area (Å²) in [5, 5.41) is 0. The van der Waals surface area contributed by atoms with Crippen LogP contribution in [0.2, 0.25) is 0 Å². The summed E-state index contributed by atoms with van der Waals surface area (Å²) in [6.07, 6.45) is 6.89. The van der Waals surface area contributed by atoms with Crippen molar-refractivity contribution in [3.63, 3.8) is 0 Å². The summed E-state index contributed by atoms with van der Waals surface area (Å²) in [5.74, 6) is 0. The average Bonchev–Trinajstić information content (AvgIpc) is 2.74. The highest BCUT2D eigenvalue weighted by molar-refractivity contribution is 5.79. The highest BCUT2D eigenvalue weighted by Gasteiger charge is 2.28. The van der Waals surface area contributed by atoms with Crippen LogP contribution in [0.5, 0.6) is 0 Å². The van der Waals surface area contributed by atoms with Crippen molar-refractivity contribution in [3.8, 4) is 0 Å². The molecular formula is C22H25NO4. The maximum absolute atomic E-state index is 5.38. The summed E-state index contributed by atoms with van der Waals surface area (Å²) < 4.78 is 0. The number of aryl methyl sites for hydroxylation is 1. The predicted octanol–water partition coefficient (Wildman–Crippen LogP) is 5.35. The molecular weight excluding hydrogens is 342 g/mol. The van der Waals surface area contributed by atoms with Crippen molar-refractivity contribution < 1.29 is 19.6 Å². The number of hydrogen-bond donors (Lipinski definition) is 0. The minimum atomic E-state index is -0.712. The molecule has 2 fully saturated rings. The average molecular weight is 367 g/mol. The molecule has 5 heteroatoms. The van der Waals surface area contributed by atoms with Crippen LogP contribution in [0.15, 0.2) is 53.5 Å². The number of benzene rings is 2. The fourth-order valence-electron chi connectivity index (χ4n) is 3.34. The third-order valence-corrected chi connectivity index (χ3v) is 5.03. The van der Waals surface area contributed by atoms with Crippen molar-refractivity contribution >= 4 is 6.21 Å². The molecule has 1 aliphatic heterocycles. The van der Waals surface area contributed by atoms with E-state index in [9.17, 15) is 0 Å². The van der Waals surface area contributed by atoms with E-state index >= 15 is 0 Å². The quantitative estimate of drug-likeness (QED) is 0.540. The molecule has 0 amide bonds. The first-order chi connectivity index (χ1) is 13.3. The molecule has 1 heterocycles. The minimum absolute atomic E-state index is 0.476. The fourth-order valence-corrected chi connectivity index (χ4v) is 3.34. The van der Waals surface area contributed by atoms with Gasteiger partial charge in [-0.05, 0) is 25.3 Å². The Bertz CT molecular complexity index is 743. The van der Waals surface area contributed by atoms with Gasteiger partial charge in [-0.3, -0.25) is 4.99 Å². The molecule has 0 spiro atoms. The normalized spacial score (nSPS) is 24.3. The van der Waals surface area contributed by atoms with E-state index < -0.39 is 12.6 Å². The third-order valence-electron chi connectivity index (χ3n) is 5.03. The SMILES string of the molecule is Cc1ccc(C2OOC(c3ccc(C=NC4CCCCC4)cc3)OO2)cc1. The van der Waals surface area contributed by atoms with Gasteiger partial charge >= 0.3 is 0 Å². The van der Waals surface area contributed by atoms with E-state index in [2.05, 4.69) is 0 Å². The molecule has 0 radical (unpaired) electrons. The molecule has 4 rings (SSSR count).